The number of fused-ring (bicyclic) bond motifs is 7. The van der Waals surface area contributed by atoms with E-state index in [1.54, 1.807) is 0 Å². The molecule has 278 valence electrons. The fourth-order valence-corrected chi connectivity index (χ4v) is 14.2. The molecule has 1 saturated heterocycles. The molecule has 4 unspecified atom stereocenters. The Hall–Kier alpha value is -1.40. The van der Waals surface area contributed by atoms with Crippen molar-refractivity contribution in [3.8, 4) is 0 Å². The van der Waals surface area contributed by atoms with Crippen LogP contribution in [-0.4, -0.2) is 62.9 Å². The van der Waals surface area contributed by atoms with Gasteiger partial charge in [-0.25, -0.2) is 0 Å². The number of methoxy groups -OCH3 is 1. The van der Waals surface area contributed by atoms with Gasteiger partial charge >= 0.3 is 11.9 Å². The number of hydrogen-bond acceptors (Lipinski definition) is 6. The molecule has 10 atom stereocenters. The molecule has 1 heterocycles. The fraction of sp³-hybridized carbons (Fsp3) is 0.907. The molecule has 0 bridgehead atoms. The predicted molar refractivity (Wildman–Crippen MR) is 196 cm³/mol. The molecule has 5 aliphatic carbocycles. The summed E-state index contributed by atoms with van der Waals surface area (Å²) in [5.74, 6) is 2.98. The number of allylic oxidation sites excluding steroid dienone is 1. The van der Waals surface area contributed by atoms with Crippen LogP contribution in [0.1, 0.15) is 139 Å². The molecule has 0 radical (unpaired) electrons. The SMILES string of the molecule is C=C(C)[C@@H]1CC[C@]2(CCN3CCOCC3)CC[C@]3(C)C(CCC4[C@@]5(C)CC[C@H](OC(=O)CC(C)(C)CC(=O)OC)C(C)(C)C5CC[C@]43C)C12. The lowest BCUT2D eigenvalue weighted by Gasteiger charge is -2.73. The molecular formula is C43H71NO5. The van der Waals surface area contributed by atoms with Gasteiger partial charge in [-0.2, -0.15) is 0 Å². The molecule has 0 aromatic carbocycles. The largest absolute Gasteiger partial charge is 0.469 e. The van der Waals surface area contributed by atoms with Crippen molar-refractivity contribution in [3.63, 3.8) is 0 Å². The second-order valence-corrected chi connectivity index (χ2v) is 20.2. The summed E-state index contributed by atoms with van der Waals surface area (Å²) in [4.78, 5) is 28.0. The Morgan fingerprint density at radius 2 is 1.53 bits per heavy atom. The zero-order valence-corrected chi connectivity index (χ0v) is 32.9. The van der Waals surface area contributed by atoms with Crippen LogP contribution in [0.15, 0.2) is 12.2 Å². The first-order valence-electron chi connectivity index (χ1n) is 20.1. The summed E-state index contributed by atoms with van der Waals surface area (Å²) in [5.41, 5.74) is 2.23. The number of carbonyl (C=O) groups excluding carboxylic acids is 2. The third kappa shape index (κ3) is 6.27. The van der Waals surface area contributed by atoms with Crippen molar-refractivity contribution in [1.29, 1.82) is 0 Å². The van der Waals surface area contributed by atoms with E-state index in [2.05, 4.69) is 53.0 Å². The number of rotatable bonds is 9. The zero-order chi connectivity index (χ0) is 35.6. The Balaban J connectivity index is 1.21. The second kappa shape index (κ2) is 13.2. The van der Waals surface area contributed by atoms with Crippen molar-refractivity contribution in [2.45, 2.75) is 145 Å². The van der Waals surface area contributed by atoms with Crippen LogP contribution < -0.4 is 0 Å². The van der Waals surface area contributed by atoms with Crippen LogP contribution in [0.25, 0.3) is 0 Å². The van der Waals surface area contributed by atoms with Crippen LogP contribution in [-0.2, 0) is 23.8 Å². The Morgan fingerprint density at radius 1 is 0.837 bits per heavy atom. The minimum atomic E-state index is -0.485. The Bertz CT molecular complexity index is 1270. The van der Waals surface area contributed by atoms with Crippen LogP contribution in [0.3, 0.4) is 0 Å². The van der Waals surface area contributed by atoms with Crippen LogP contribution in [0.2, 0.25) is 0 Å². The lowest BCUT2D eigenvalue weighted by molar-refractivity contribution is -0.250. The monoisotopic (exact) mass is 682 g/mol. The number of morpholine rings is 1. The minimum absolute atomic E-state index is 0.0835. The Morgan fingerprint density at radius 3 is 2.20 bits per heavy atom. The summed E-state index contributed by atoms with van der Waals surface area (Å²) < 4.78 is 16.9. The van der Waals surface area contributed by atoms with Crippen molar-refractivity contribution in [3.05, 3.63) is 12.2 Å². The number of carbonyl (C=O) groups is 2. The normalized spacial score (nSPS) is 43.4. The molecule has 6 rings (SSSR count). The average Bonchev–Trinajstić information content (AvgIpc) is 3.42. The average molecular weight is 682 g/mol. The first-order chi connectivity index (χ1) is 22.9. The highest BCUT2D eigenvalue weighted by Crippen LogP contribution is 2.78. The van der Waals surface area contributed by atoms with Gasteiger partial charge in [-0.15, -0.1) is 0 Å². The van der Waals surface area contributed by atoms with E-state index in [-0.39, 0.29) is 41.7 Å². The third-order valence-electron chi connectivity index (χ3n) is 17.0. The Kier molecular flexibility index (Phi) is 10.1. The number of ether oxygens (including phenoxy) is 3. The molecule has 0 N–H and O–H groups in total. The van der Waals surface area contributed by atoms with E-state index in [0.29, 0.717) is 34.0 Å². The fourth-order valence-electron chi connectivity index (χ4n) is 14.2. The molecule has 0 aromatic rings. The van der Waals surface area contributed by atoms with Gasteiger partial charge < -0.3 is 14.2 Å². The van der Waals surface area contributed by atoms with Gasteiger partial charge in [0.1, 0.15) is 6.10 Å². The van der Waals surface area contributed by atoms with E-state index in [0.717, 1.165) is 51.0 Å². The van der Waals surface area contributed by atoms with Crippen molar-refractivity contribution in [1.82, 2.24) is 4.90 Å². The van der Waals surface area contributed by atoms with Gasteiger partial charge in [-0.1, -0.05) is 60.6 Å². The number of esters is 2. The van der Waals surface area contributed by atoms with E-state index < -0.39 is 5.41 Å². The molecule has 6 aliphatic rings. The summed E-state index contributed by atoms with van der Waals surface area (Å²) in [6.07, 6.45) is 14.5. The highest BCUT2D eigenvalue weighted by molar-refractivity contribution is 5.74. The molecule has 49 heavy (non-hydrogen) atoms. The molecule has 1 aliphatic heterocycles. The quantitative estimate of drug-likeness (QED) is 0.179. The first-order valence-corrected chi connectivity index (χ1v) is 20.1. The second-order valence-electron chi connectivity index (χ2n) is 20.2. The number of hydrogen-bond donors (Lipinski definition) is 0. The summed E-state index contributed by atoms with van der Waals surface area (Å²) in [6.45, 7) is 29.0. The highest BCUT2D eigenvalue weighted by atomic mass is 16.5. The lowest BCUT2D eigenvalue weighted by Crippen LogP contribution is -2.66. The lowest BCUT2D eigenvalue weighted by atomic mass is 9.32. The molecule has 6 heteroatoms. The van der Waals surface area contributed by atoms with E-state index >= 15 is 0 Å². The van der Waals surface area contributed by atoms with E-state index in [4.69, 9.17) is 14.2 Å². The highest BCUT2D eigenvalue weighted by Gasteiger charge is 2.71. The molecule has 0 aromatic heterocycles. The van der Waals surface area contributed by atoms with Gasteiger partial charge in [0.15, 0.2) is 0 Å². The molecule has 6 nitrogen and oxygen atoms in total. The molecule has 5 saturated carbocycles. The number of nitrogens with zero attached hydrogens (tertiary/aromatic N) is 1. The van der Waals surface area contributed by atoms with Gasteiger partial charge in [0.05, 0.1) is 33.2 Å². The third-order valence-corrected chi connectivity index (χ3v) is 17.0. The molecular weight excluding hydrogens is 610 g/mol. The van der Waals surface area contributed by atoms with Crippen molar-refractivity contribution < 1.29 is 23.8 Å². The van der Waals surface area contributed by atoms with Gasteiger partial charge in [-0.3, -0.25) is 14.5 Å². The van der Waals surface area contributed by atoms with Crippen LogP contribution in [0.4, 0.5) is 0 Å². The topological polar surface area (TPSA) is 65.1 Å². The smallest absolute Gasteiger partial charge is 0.306 e. The van der Waals surface area contributed by atoms with Gasteiger partial charge in [-0.05, 0) is 141 Å². The standard InChI is InChI=1S/C43H71NO5/c1-29(2)30-13-18-43(21-22-44-23-25-48-26-24-44)20-19-41(8)31(37(30)43)11-12-33-40(7)16-15-34(39(5,6)32(40)14-17-42(33,41)9)49-36(46)28-38(3,4)27-35(45)47-10/h30-34,37H,1,11-28H2,2-10H3/t30-,31?,32?,33?,34-,37?,40-,41+,42+,43+/m0/s1. The van der Waals surface area contributed by atoms with E-state index in [9.17, 15) is 9.59 Å². The maximum atomic E-state index is 13.3. The summed E-state index contributed by atoms with van der Waals surface area (Å²) in [5, 5.41) is 0. The molecule has 6 fully saturated rings. The van der Waals surface area contributed by atoms with Crippen LogP contribution >= 0.6 is 0 Å². The van der Waals surface area contributed by atoms with Gasteiger partial charge in [0.25, 0.3) is 0 Å². The van der Waals surface area contributed by atoms with Crippen molar-refractivity contribution in [2.24, 2.45) is 62.1 Å². The van der Waals surface area contributed by atoms with Crippen LogP contribution in [0, 0.1) is 62.1 Å². The maximum Gasteiger partial charge on any atom is 0.306 e. The first kappa shape index (κ1) is 37.4. The van der Waals surface area contributed by atoms with E-state index in [1.165, 1.54) is 77.0 Å². The zero-order valence-electron chi connectivity index (χ0n) is 32.9. The predicted octanol–water partition coefficient (Wildman–Crippen LogP) is 9.26. The molecule has 0 amide bonds. The summed E-state index contributed by atoms with van der Waals surface area (Å²) >= 11 is 0. The van der Waals surface area contributed by atoms with E-state index in [1.807, 2.05) is 13.8 Å². The van der Waals surface area contributed by atoms with Crippen LogP contribution in [0.5, 0.6) is 0 Å². The summed E-state index contributed by atoms with van der Waals surface area (Å²) in [7, 11) is 1.41. The molecule has 0 spiro atoms. The van der Waals surface area contributed by atoms with Gasteiger partial charge in [0, 0.05) is 18.5 Å². The maximum absolute atomic E-state index is 13.3. The summed E-state index contributed by atoms with van der Waals surface area (Å²) in [6, 6.07) is 0. The Labute approximate surface area is 299 Å². The van der Waals surface area contributed by atoms with Crippen molar-refractivity contribution in [2.75, 3.05) is 40.0 Å². The minimum Gasteiger partial charge on any atom is -0.469 e. The van der Waals surface area contributed by atoms with Gasteiger partial charge in [0.2, 0.25) is 0 Å². The van der Waals surface area contributed by atoms with Crippen molar-refractivity contribution >= 4 is 11.9 Å².